The third-order valence-corrected chi connectivity index (χ3v) is 25.6. The average molecular weight is 1010 g/mol. The molecule has 0 amide bonds. The van der Waals surface area contributed by atoms with Crippen LogP contribution in [0, 0.1) is 0 Å². The van der Waals surface area contributed by atoms with Crippen molar-refractivity contribution in [2.75, 3.05) is 9.80 Å². The lowest BCUT2D eigenvalue weighted by Gasteiger charge is -2.41. The first kappa shape index (κ1) is 45.4. The molecule has 76 heavy (non-hydrogen) atoms. The van der Waals surface area contributed by atoms with Crippen LogP contribution >= 0.6 is 0 Å². The Labute approximate surface area is 449 Å². The largest absolute Gasteiger partial charge is 0.311 e. The zero-order chi connectivity index (χ0) is 51.6. The second-order valence-corrected chi connectivity index (χ2v) is 32.7. The highest BCUT2D eigenvalue weighted by atomic mass is 28.3. The highest BCUT2D eigenvalue weighted by Crippen LogP contribution is 2.58. The van der Waals surface area contributed by atoms with Gasteiger partial charge >= 0.3 is 0 Å². The van der Waals surface area contributed by atoms with Crippen LogP contribution in [0.4, 0.5) is 34.1 Å². The number of fused-ring (bicyclic) bond motifs is 12. The molecule has 0 fully saturated rings. The number of rotatable bonds is 4. The standard InChI is InChI=1S/C72H60N2Si2/c1-71(2)57-29-11-9-23-47(57)51-25-21-27-53(69(51)71)67-49-41-39-46(74-61-33-15-19-37-65(61)76(7,8)66-38-20-16-34-62(66)74)44-56(49)68(54-28-22-26-52-48-24-10-12-30-58(48)72(3,4)70(52)54)50-42-40-45(43-55(50)67)73-59-31-13-17-35-63(59)75(5,6)64-36-18-14-32-60(64)73/h9-44H,1-8H3. The van der Waals surface area contributed by atoms with Crippen LogP contribution in [0.2, 0.25) is 26.2 Å². The zero-order valence-electron chi connectivity index (χ0n) is 44.7. The van der Waals surface area contributed by atoms with Crippen molar-refractivity contribution in [2.45, 2.75) is 64.7 Å². The van der Waals surface area contributed by atoms with Gasteiger partial charge in [-0.3, -0.25) is 0 Å². The Morgan fingerprint density at radius 2 is 0.592 bits per heavy atom. The first-order chi connectivity index (χ1) is 36.8. The highest BCUT2D eigenvalue weighted by molar-refractivity contribution is 7.03. The van der Waals surface area contributed by atoms with Gasteiger partial charge in [-0.25, -0.2) is 0 Å². The summed E-state index contributed by atoms with van der Waals surface area (Å²) >= 11 is 0. The van der Waals surface area contributed by atoms with E-state index in [0.717, 1.165) is 0 Å². The van der Waals surface area contributed by atoms with E-state index in [4.69, 9.17) is 0 Å². The fourth-order valence-corrected chi connectivity index (χ4v) is 21.0. The van der Waals surface area contributed by atoms with Crippen molar-refractivity contribution in [1.82, 2.24) is 0 Å². The SMILES string of the molecule is CC1(C)c2ccccc2-c2cccc(-c3c4ccc(N5c6ccccc6[Si](C)(C)c6ccccc65)cc4c(-c4cccc5c4C(C)(C)c4ccccc4-5)c4ccc(N5c6ccccc6[Si](C)(C)c6ccccc65)cc34)c21. The van der Waals surface area contributed by atoms with E-state index in [1.807, 2.05) is 0 Å². The Kier molecular flexibility index (Phi) is 9.41. The van der Waals surface area contributed by atoms with Gasteiger partial charge in [0.25, 0.3) is 0 Å². The van der Waals surface area contributed by atoms with Gasteiger partial charge in [0.15, 0.2) is 0 Å². The van der Waals surface area contributed by atoms with Crippen molar-refractivity contribution in [3.8, 4) is 44.5 Å². The molecule has 0 bridgehead atoms. The van der Waals surface area contributed by atoms with Crippen LogP contribution in [0.1, 0.15) is 49.9 Å². The summed E-state index contributed by atoms with van der Waals surface area (Å²) in [5.74, 6) is 0. The molecule has 2 aliphatic carbocycles. The molecule has 2 nitrogen and oxygen atoms in total. The molecule has 0 saturated carbocycles. The highest BCUT2D eigenvalue weighted by Gasteiger charge is 2.43. The van der Waals surface area contributed by atoms with E-state index in [2.05, 4.69) is 282 Å². The lowest BCUT2D eigenvalue weighted by molar-refractivity contribution is 0.662. The lowest BCUT2D eigenvalue weighted by atomic mass is 9.75. The van der Waals surface area contributed by atoms with Crippen molar-refractivity contribution >= 4 is 92.6 Å². The van der Waals surface area contributed by atoms with Gasteiger partial charge < -0.3 is 9.80 Å². The Balaban J connectivity index is 1.11. The summed E-state index contributed by atoms with van der Waals surface area (Å²) in [6.07, 6.45) is 0. The maximum absolute atomic E-state index is 2.57. The van der Waals surface area contributed by atoms with Gasteiger partial charge in [-0.2, -0.15) is 0 Å². The molecule has 0 radical (unpaired) electrons. The van der Waals surface area contributed by atoms with E-state index in [1.54, 1.807) is 0 Å². The number of anilines is 6. The molecule has 0 unspecified atom stereocenters. The van der Waals surface area contributed by atoms with Crippen molar-refractivity contribution in [2.24, 2.45) is 0 Å². The van der Waals surface area contributed by atoms with E-state index < -0.39 is 16.1 Å². The van der Waals surface area contributed by atoms with Gasteiger partial charge in [-0.1, -0.05) is 224 Å². The van der Waals surface area contributed by atoms with E-state index >= 15 is 0 Å². The summed E-state index contributed by atoms with van der Waals surface area (Å²) < 4.78 is 0. The fourth-order valence-electron chi connectivity index (χ4n) is 15.1. The minimum Gasteiger partial charge on any atom is -0.311 e. The van der Waals surface area contributed by atoms with Crippen LogP contribution in [-0.2, 0) is 10.8 Å². The third-order valence-electron chi connectivity index (χ3n) is 18.6. The van der Waals surface area contributed by atoms with E-state index in [1.165, 1.54) is 143 Å². The van der Waals surface area contributed by atoms with Crippen LogP contribution < -0.4 is 30.5 Å². The number of para-hydroxylation sites is 4. The average Bonchev–Trinajstić information content (AvgIpc) is 3.90. The fraction of sp³-hybridized carbons (Fsp3) is 0.139. The van der Waals surface area contributed by atoms with E-state index in [0.29, 0.717) is 0 Å². The molecule has 2 heterocycles. The minimum atomic E-state index is -2.04. The summed E-state index contributed by atoms with van der Waals surface area (Å²) in [4.78, 5) is 5.15. The normalized spacial score (nSPS) is 16.3. The first-order valence-electron chi connectivity index (χ1n) is 27.3. The molecule has 0 aromatic heterocycles. The smallest absolute Gasteiger partial charge is 0.117 e. The summed E-state index contributed by atoms with van der Waals surface area (Å²) in [5, 5.41) is 10.9. The lowest BCUT2D eigenvalue weighted by Crippen LogP contribution is -2.58. The summed E-state index contributed by atoms with van der Waals surface area (Å²) in [7, 11) is -4.08. The monoisotopic (exact) mass is 1010 g/mol. The minimum absolute atomic E-state index is 0.244. The molecule has 11 aromatic carbocycles. The molecule has 2 aliphatic heterocycles. The molecule has 0 N–H and O–H groups in total. The summed E-state index contributed by atoms with van der Waals surface area (Å²) in [6.45, 7) is 19.9. The Hall–Kier alpha value is -8.03. The van der Waals surface area contributed by atoms with Crippen molar-refractivity contribution in [3.05, 3.63) is 241 Å². The van der Waals surface area contributed by atoms with Crippen molar-refractivity contribution in [3.63, 3.8) is 0 Å². The molecule has 15 rings (SSSR count). The molecule has 4 aliphatic rings. The first-order valence-corrected chi connectivity index (χ1v) is 33.3. The molecule has 4 heteroatoms. The molecule has 11 aromatic rings. The van der Waals surface area contributed by atoms with Gasteiger partial charge in [-0.05, 0) is 158 Å². The van der Waals surface area contributed by atoms with Gasteiger partial charge in [0.1, 0.15) is 16.1 Å². The maximum Gasteiger partial charge on any atom is 0.117 e. The number of nitrogens with zero attached hydrogens (tertiary/aromatic N) is 2. The van der Waals surface area contributed by atoms with Crippen LogP contribution in [0.5, 0.6) is 0 Å². The number of hydrogen-bond acceptors (Lipinski definition) is 2. The zero-order valence-corrected chi connectivity index (χ0v) is 46.7. The second kappa shape index (κ2) is 15.8. The third kappa shape index (κ3) is 5.97. The van der Waals surface area contributed by atoms with Crippen LogP contribution in [0.15, 0.2) is 218 Å². The van der Waals surface area contributed by atoms with Crippen LogP contribution in [-0.4, -0.2) is 16.1 Å². The summed E-state index contributed by atoms with van der Waals surface area (Å²) in [5.41, 5.74) is 23.1. The molecule has 366 valence electrons. The van der Waals surface area contributed by atoms with Gasteiger partial charge in [0.05, 0.1) is 0 Å². The molecule has 0 atom stereocenters. The Bertz CT molecular complexity index is 3950. The molecular formula is C72H60N2Si2. The number of hydrogen-bond donors (Lipinski definition) is 0. The topological polar surface area (TPSA) is 6.48 Å². The predicted octanol–water partition coefficient (Wildman–Crippen LogP) is 17.2. The molecule has 0 saturated heterocycles. The van der Waals surface area contributed by atoms with Crippen molar-refractivity contribution in [1.29, 1.82) is 0 Å². The second-order valence-electron chi connectivity index (χ2n) is 24.0. The van der Waals surface area contributed by atoms with Gasteiger partial charge in [0.2, 0.25) is 0 Å². The maximum atomic E-state index is 2.57. The Morgan fingerprint density at radius 1 is 0.289 bits per heavy atom. The Morgan fingerprint density at radius 3 is 0.961 bits per heavy atom. The number of benzene rings is 11. The molecular weight excluding hydrogens is 949 g/mol. The van der Waals surface area contributed by atoms with E-state index in [9.17, 15) is 0 Å². The van der Waals surface area contributed by atoms with Gasteiger partial charge in [-0.15, -0.1) is 0 Å². The quantitative estimate of drug-likeness (QED) is 0.128. The van der Waals surface area contributed by atoms with E-state index in [-0.39, 0.29) is 10.8 Å². The van der Waals surface area contributed by atoms with Gasteiger partial charge in [0, 0.05) is 45.0 Å². The van der Waals surface area contributed by atoms with Crippen LogP contribution in [0.25, 0.3) is 66.1 Å². The van der Waals surface area contributed by atoms with Crippen molar-refractivity contribution < 1.29 is 0 Å². The molecule has 0 spiro atoms. The van der Waals surface area contributed by atoms with Crippen LogP contribution in [0.3, 0.4) is 0 Å². The summed E-state index contributed by atoms with van der Waals surface area (Å²) in [6, 6.07) is 84.3. The predicted molar refractivity (Wildman–Crippen MR) is 330 cm³/mol.